The topological polar surface area (TPSA) is 53.3 Å². The molecule has 0 radical (unpaired) electrons. The summed E-state index contributed by atoms with van der Waals surface area (Å²) in [6.45, 7) is 4.10. The van der Waals surface area contributed by atoms with E-state index >= 15 is 0 Å². The fraction of sp³-hybridized carbons (Fsp3) is 0.706. The molecule has 0 fully saturated rings. The number of hydrogen-bond acceptors (Lipinski definition) is 3. The third kappa shape index (κ3) is 6.02. The van der Waals surface area contributed by atoms with Crippen molar-refractivity contribution >= 4 is 5.71 Å². The zero-order valence-electron chi connectivity index (χ0n) is 13.1. The van der Waals surface area contributed by atoms with Crippen LogP contribution < -0.4 is 0 Å². The summed E-state index contributed by atoms with van der Waals surface area (Å²) in [7, 11) is 1.64. The van der Waals surface area contributed by atoms with Gasteiger partial charge in [-0.2, -0.15) is 0 Å². The van der Waals surface area contributed by atoms with Gasteiger partial charge >= 0.3 is 0 Å². The lowest BCUT2D eigenvalue weighted by Gasteiger charge is -2.23. The van der Waals surface area contributed by atoms with Crippen LogP contribution in [0.5, 0.6) is 0 Å². The second-order valence-electron chi connectivity index (χ2n) is 5.84. The Morgan fingerprint density at radius 2 is 2.00 bits per heavy atom. The summed E-state index contributed by atoms with van der Waals surface area (Å²) in [4.78, 5) is 0. The number of rotatable bonds is 1. The first-order chi connectivity index (χ1) is 9.54. The number of ether oxygens (including phenoxy) is 1. The van der Waals surface area contributed by atoms with Crippen molar-refractivity contribution in [2.45, 2.75) is 64.6 Å². The Labute approximate surface area is 123 Å². The van der Waals surface area contributed by atoms with E-state index < -0.39 is 6.10 Å². The quantitative estimate of drug-likeness (QED) is 0.716. The van der Waals surface area contributed by atoms with Crippen LogP contribution in [0.1, 0.15) is 52.4 Å². The van der Waals surface area contributed by atoms with Gasteiger partial charge in [-0.3, -0.25) is 0 Å². The minimum atomic E-state index is -0.520. The Hall–Kier alpha value is -0.930. The molecule has 3 nitrogen and oxygen atoms in total. The van der Waals surface area contributed by atoms with E-state index in [2.05, 4.69) is 19.1 Å². The van der Waals surface area contributed by atoms with Crippen molar-refractivity contribution in [2.24, 2.45) is 5.92 Å². The molecule has 0 amide bonds. The maximum atomic E-state index is 10.4. The molecule has 1 rings (SSSR count). The molecule has 0 aromatic carbocycles. The minimum Gasteiger partial charge on any atom is -0.389 e. The average molecular weight is 279 g/mol. The number of aliphatic hydroxyl groups is 1. The lowest BCUT2D eigenvalue weighted by atomic mass is 9.94. The second-order valence-corrected chi connectivity index (χ2v) is 5.84. The van der Waals surface area contributed by atoms with Crippen molar-refractivity contribution < 1.29 is 9.84 Å². The van der Waals surface area contributed by atoms with Crippen molar-refractivity contribution in [3.63, 3.8) is 0 Å². The Morgan fingerprint density at radius 3 is 2.70 bits per heavy atom. The molecule has 0 aromatic heterocycles. The largest absolute Gasteiger partial charge is 0.389 e. The highest BCUT2D eigenvalue weighted by Crippen LogP contribution is 2.18. The highest BCUT2D eigenvalue weighted by atomic mass is 16.5. The molecule has 114 valence electrons. The molecule has 0 heterocycles. The summed E-state index contributed by atoms with van der Waals surface area (Å²) >= 11 is 0. The fourth-order valence-electron chi connectivity index (χ4n) is 2.57. The first-order valence-electron chi connectivity index (χ1n) is 7.65. The SMILES string of the molecule is CO[C@H]1/C=C/CCCCC(=N)CC/C(C)=C\[C@@H](C)[C@@H]1O. The van der Waals surface area contributed by atoms with E-state index in [0.29, 0.717) is 0 Å². The Kier molecular flexibility index (Phi) is 7.78. The third-order valence-corrected chi connectivity index (χ3v) is 3.94. The predicted octanol–water partition coefficient (Wildman–Crippen LogP) is 3.87. The summed E-state index contributed by atoms with van der Waals surface area (Å²) in [6.07, 6.45) is 11.2. The van der Waals surface area contributed by atoms with Gasteiger partial charge in [0, 0.05) is 18.7 Å². The number of aliphatic hydroxyl groups excluding tert-OH is 1. The van der Waals surface area contributed by atoms with Crippen LogP contribution in [0.2, 0.25) is 0 Å². The van der Waals surface area contributed by atoms with Crippen molar-refractivity contribution in [1.82, 2.24) is 0 Å². The molecule has 0 aromatic rings. The molecule has 1 aliphatic rings. The van der Waals surface area contributed by atoms with E-state index in [4.69, 9.17) is 10.1 Å². The van der Waals surface area contributed by atoms with Gasteiger partial charge in [0.25, 0.3) is 0 Å². The van der Waals surface area contributed by atoms with E-state index in [-0.39, 0.29) is 12.0 Å². The highest BCUT2D eigenvalue weighted by Gasteiger charge is 2.21. The van der Waals surface area contributed by atoms with Crippen LogP contribution in [-0.4, -0.2) is 30.1 Å². The Bertz CT molecular complexity index is 360. The van der Waals surface area contributed by atoms with Crippen molar-refractivity contribution in [1.29, 1.82) is 5.41 Å². The highest BCUT2D eigenvalue weighted by molar-refractivity contribution is 5.81. The first-order valence-corrected chi connectivity index (χ1v) is 7.65. The monoisotopic (exact) mass is 279 g/mol. The zero-order chi connectivity index (χ0) is 15.0. The van der Waals surface area contributed by atoms with Gasteiger partial charge in [-0.1, -0.05) is 30.7 Å². The van der Waals surface area contributed by atoms with E-state index in [1.165, 1.54) is 5.57 Å². The number of methoxy groups -OCH3 is 1. The lowest BCUT2D eigenvalue weighted by Crippen LogP contribution is -2.31. The first kappa shape index (κ1) is 17.1. The van der Waals surface area contributed by atoms with Gasteiger partial charge in [-0.05, 0) is 45.4 Å². The molecule has 3 heteroatoms. The summed E-state index contributed by atoms with van der Waals surface area (Å²) in [5.74, 6) is 0.0572. The molecule has 3 atom stereocenters. The van der Waals surface area contributed by atoms with Crippen molar-refractivity contribution in [3.05, 3.63) is 23.8 Å². The second kappa shape index (κ2) is 9.09. The maximum absolute atomic E-state index is 10.4. The molecule has 20 heavy (non-hydrogen) atoms. The van der Waals surface area contributed by atoms with Crippen LogP contribution in [-0.2, 0) is 4.74 Å². The van der Waals surface area contributed by atoms with Crippen LogP contribution in [0.25, 0.3) is 0 Å². The molecule has 0 aliphatic heterocycles. The third-order valence-electron chi connectivity index (χ3n) is 3.94. The molecule has 0 saturated carbocycles. The predicted molar refractivity (Wildman–Crippen MR) is 84.3 cm³/mol. The molecule has 0 bridgehead atoms. The van der Waals surface area contributed by atoms with Gasteiger partial charge in [-0.25, -0.2) is 0 Å². The van der Waals surface area contributed by atoms with E-state index in [1.54, 1.807) is 7.11 Å². The maximum Gasteiger partial charge on any atom is 0.102 e. The Balaban J connectivity index is 2.78. The number of allylic oxidation sites excluding steroid dienone is 2. The molecule has 0 saturated heterocycles. The van der Waals surface area contributed by atoms with Gasteiger partial charge in [0.2, 0.25) is 0 Å². The van der Waals surface area contributed by atoms with Crippen LogP contribution in [0.15, 0.2) is 23.8 Å². The Morgan fingerprint density at radius 1 is 1.25 bits per heavy atom. The van der Waals surface area contributed by atoms with Crippen molar-refractivity contribution in [3.8, 4) is 0 Å². The summed E-state index contributed by atoms with van der Waals surface area (Å²) in [5, 5.41) is 18.3. The fourth-order valence-corrected chi connectivity index (χ4v) is 2.57. The van der Waals surface area contributed by atoms with Crippen LogP contribution in [0.4, 0.5) is 0 Å². The lowest BCUT2D eigenvalue weighted by molar-refractivity contribution is -0.00187. The van der Waals surface area contributed by atoms with Crippen LogP contribution >= 0.6 is 0 Å². The van der Waals surface area contributed by atoms with E-state index in [1.807, 2.05) is 13.0 Å². The van der Waals surface area contributed by atoms with Gasteiger partial charge < -0.3 is 15.3 Å². The normalized spacial score (nSPS) is 34.9. The molecular formula is C17H29NO2. The molecule has 0 unspecified atom stereocenters. The zero-order valence-corrected chi connectivity index (χ0v) is 13.1. The summed E-state index contributed by atoms with van der Waals surface area (Å²) in [5.41, 5.74) is 2.10. The molecule has 2 N–H and O–H groups in total. The molecule has 1 aliphatic carbocycles. The van der Waals surface area contributed by atoms with Gasteiger partial charge in [0.1, 0.15) is 6.10 Å². The molecule has 0 spiro atoms. The minimum absolute atomic E-state index is 0.0572. The summed E-state index contributed by atoms with van der Waals surface area (Å²) < 4.78 is 5.39. The van der Waals surface area contributed by atoms with Gasteiger partial charge in [0.05, 0.1) is 6.10 Å². The smallest absolute Gasteiger partial charge is 0.102 e. The van der Waals surface area contributed by atoms with E-state index in [0.717, 1.165) is 44.2 Å². The van der Waals surface area contributed by atoms with Gasteiger partial charge in [0.15, 0.2) is 0 Å². The van der Waals surface area contributed by atoms with E-state index in [9.17, 15) is 5.11 Å². The number of nitrogens with one attached hydrogen (secondary N) is 1. The van der Waals surface area contributed by atoms with Crippen molar-refractivity contribution in [2.75, 3.05) is 7.11 Å². The average Bonchev–Trinajstić information content (AvgIpc) is 2.43. The van der Waals surface area contributed by atoms with Crippen LogP contribution in [0, 0.1) is 11.3 Å². The summed E-state index contributed by atoms with van der Waals surface area (Å²) in [6, 6.07) is 0. The number of hydrogen-bond donors (Lipinski definition) is 2. The molecular weight excluding hydrogens is 250 g/mol. The van der Waals surface area contributed by atoms with Gasteiger partial charge in [-0.15, -0.1) is 0 Å². The van der Waals surface area contributed by atoms with Crippen LogP contribution in [0.3, 0.4) is 0 Å². The standard InChI is InChI=1S/C17H29NO2/c1-13-10-11-15(18)8-6-4-5-7-9-16(20-3)17(19)14(2)12-13/h7,9,12,14,16-19H,4-6,8,10-11H2,1-3H3/b9-7+,13-12-,18-15?/t14-,16+,17+/m1/s1.